The molecule has 0 aliphatic heterocycles. The first kappa shape index (κ1) is 15.4. The van der Waals surface area contributed by atoms with Gasteiger partial charge in [0.15, 0.2) is 4.96 Å². The summed E-state index contributed by atoms with van der Waals surface area (Å²) in [5.41, 5.74) is 5.11. The van der Waals surface area contributed by atoms with Crippen LogP contribution in [0.3, 0.4) is 0 Å². The lowest BCUT2D eigenvalue weighted by Crippen LogP contribution is -2.15. The van der Waals surface area contributed by atoms with Gasteiger partial charge in [-0.15, -0.1) is 11.3 Å². The van der Waals surface area contributed by atoms with Gasteiger partial charge in [-0.05, 0) is 37.5 Å². The molecule has 0 spiro atoms. The van der Waals surface area contributed by atoms with Crippen LogP contribution in [0.1, 0.15) is 51.8 Å². The SMILES string of the molecule is Cc1nc2scc(C3CC3)n2c1CNCc1ccc(C(=O)O)cc1. The van der Waals surface area contributed by atoms with Gasteiger partial charge in [-0.3, -0.25) is 4.40 Å². The average molecular weight is 341 g/mol. The zero-order valence-electron chi connectivity index (χ0n) is 13.5. The Balaban J connectivity index is 1.47. The number of fused-ring (bicyclic) bond motifs is 1. The summed E-state index contributed by atoms with van der Waals surface area (Å²) in [6.45, 7) is 3.52. The average Bonchev–Trinajstić information content (AvgIpc) is 3.26. The van der Waals surface area contributed by atoms with E-state index in [-0.39, 0.29) is 0 Å². The lowest BCUT2D eigenvalue weighted by Gasteiger charge is -2.08. The van der Waals surface area contributed by atoms with Crippen molar-refractivity contribution in [2.75, 3.05) is 0 Å². The highest BCUT2D eigenvalue weighted by atomic mass is 32.1. The fourth-order valence-electron chi connectivity index (χ4n) is 3.00. The highest BCUT2D eigenvalue weighted by Crippen LogP contribution is 2.42. The minimum atomic E-state index is -0.892. The Morgan fingerprint density at radius 3 is 2.75 bits per heavy atom. The van der Waals surface area contributed by atoms with Crippen molar-refractivity contribution in [1.29, 1.82) is 0 Å². The van der Waals surface area contributed by atoms with Gasteiger partial charge in [0, 0.05) is 30.1 Å². The molecule has 1 aliphatic rings. The molecule has 0 unspecified atom stereocenters. The molecular weight excluding hydrogens is 322 g/mol. The summed E-state index contributed by atoms with van der Waals surface area (Å²) in [6, 6.07) is 7.00. The number of benzene rings is 1. The van der Waals surface area contributed by atoms with Gasteiger partial charge in [0.1, 0.15) is 0 Å². The number of thiazole rings is 1. The van der Waals surface area contributed by atoms with Crippen LogP contribution in [-0.2, 0) is 13.1 Å². The molecule has 6 heteroatoms. The number of hydrogen-bond acceptors (Lipinski definition) is 4. The molecule has 0 amide bonds. The van der Waals surface area contributed by atoms with Gasteiger partial charge in [-0.1, -0.05) is 12.1 Å². The molecule has 24 heavy (non-hydrogen) atoms. The summed E-state index contributed by atoms with van der Waals surface area (Å²) in [7, 11) is 0. The maximum absolute atomic E-state index is 10.9. The van der Waals surface area contributed by atoms with Gasteiger partial charge >= 0.3 is 5.97 Å². The van der Waals surface area contributed by atoms with Crippen molar-refractivity contribution in [2.24, 2.45) is 0 Å². The van der Waals surface area contributed by atoms with Crippen molar-refractivity contribution in [3.05, 3.63) is 57.9 Å². The number of carboxylic acid groups (broad SMARTS) is 1. The lowest BCUT2D eigenvalue weighted by molar-refractivity contribution is 0.0697. The molecule has 0 atom stereocenters. The van der Waals surface area contributed by atoms with E-state index >= 15 is 0 Å². The van der Waals surface area contributed by atoms with Crippen LogP contribution in [0.15, 0.2) is 29.6 Å². The Bertz CT molecular complexity index is 891. The van der Waals surface area contributed by atoms with Gasteiger partial charge in [0.05, 0.1) is 17.0 Å². The quantitative estimate of drug-likeness (QED) is 0.719. The number of nitrogens with one attached hydrogen (secondary N) is 1. The first-order valence-electron chi connectivity index (χ1n) is 8.12. The molecule has 0 radical (unpaired) electrons. The van der Waals surface area contributed by atoms with Crippen LogP contribution in [0, 0.1) is 6.92 Å². The van der Waals surface area contributed by atoms with Crippen LogP contribution in [0.4, 0.5) is 0 Å². The summed E-state index contributed by atoms with van der Waals surface area (Å²) in [6.07, 6.45) is 2.57. The molecule has 1 aromatic carbocycles. The molecule has 0 saturated heterocycles. The first-order valence-corrected chi connectivity index (χ1v) is 8.99. The molecule has 2 heterocycles. The maximum atomic E-state index is 10.9. The number of aromatic carboxylic acids is 1. The maximum Gasteiger partial charge on any atom is 0.335 e. The third-order valence-corrected chi connectivity index (χ3v) is 5.35. The number of nitrogens with zero attached hydrogens (tertiary/aromatic N) is 2. The van der Waals surface area contributed by atoms with Crippen LogP contribution in [0.25, 0.3) is 4.96 Å². The number of aryl methyl sites for hydroxylation is 1. The summed E-state index contributed by atoms with van der Waals surface area (Å²) in [5.74, 6) is -0.188. The Hall–Kier alpha value is -2.18. The molecule has 2 aromatic heterocycles. The second-order valence-electron chi connectivity index (χ2n) is 6.30. The van der Waals surface area contributed by atoms with Crippen molar-refractivity contribution >= 4 is 22.3 Å². The fourth-order valence-corrected chi connectivity index (χ4v) is 4.04. The number of carbonyl (C=O) groups is 1. The van der Waals surface area contributed by atoms with Gasteiger partial charge in [0.25, 0.3) is 0 Å². The van der Waals surface area contributed by atoms with Crippen LogP contribution in [0.5, 0.6) is 0 Å². The third-order valence-electron chi connectivity index (χ3n) is 4.50. The summed E-state index contributed by atoms with van der Waals surface area (Å²) in [5, 5.41) is 14.6. The molecule has 2 N–H and O–H groups in total. The van der Waals surface area contributed by atoms with Crippen molar-refractivity contribution in [3.63, 3.8) is 0 Å². The zero-order valence-corrected chi connectivity index (χ0v) is 14.3. The fraction of sp³-hybridized carbons (Fsp3) is 0.333. The highest BCUT2D eigenvalue weighted by Gasteiger charge is 2.28. The van der Waals surface area contributed by atoms with E-state index in [1.807, 2.05) is 12.1 Å². The monoisotopic (exact) mass is 341 g/mol. The van der Waals surface area contributed by atoms with Gasteiger partial charge in [0.2, 0.25) is 0 Å². The minimum absolute atomic E-state index is 0.319. The number of hydrogen-bond donors (Lipinski definition) is 2. The molecule has 0 bridgehead atoms. The molecule has 124 valence electrons. The first-order chi connectivity index (χ1) is 11.6. The van der Waals surface area contributed by atoms with E-state index in [4.69, 9.17) is 5.11 Å². The number of carboxylic acids is 1. The Morgan fingerprint density at radius 2 is 2.08 bits per heavy atom. The van der Waals surface area contributed by atoms with Crippen LogP contribution < -0.4 is 5.32 Å². The van der Waals surface area contributed by atoms with E-state index in [2.05, 4.69) is 27.0 Å². The van der Waals surface area contributed by atoms with E-state index in [9.17, 15) is 4.79 Å². The number of aromatic nitrogens is 2. The van der Waals surface area contributed by atoms with Gasteiger partial charge in [-0.25, -0.2) is 9.78 Å². The zero-order chi connectivity index (χ0) is 16.7. The molecular formula is C18H19N3O2S. The van der Waals surface area contributed by atoms with Crippen molar-refractivity contribution in [1.82, 2.24) is 14.7 Å². The molecule has 3 aromatic rings. The smallest absolute Gasteiger partial charge is 0.335 e. The Kier molecular flexibility index (Phi) is 3.86. The van der Waals surface area contributed by atoms with Crippen molar-refractivity contribution < 1.29 is 9.90 Å². The van der Waals surface area contributed by atoms with Crippen LogP contribution in [0.2, 0.25) is 0 Å². The summed E-state index contributed by atoms with van der Waals surface area (Å²) >= 11 is 1.72. The van der Waals surface area contributed by atoms with E-state index in [1.54, 1.807) is 23.5 Å². The summed E-state index contributed by atoms with van der Waals surface area (Å²) in [4.78, 5) is 16.6. The lowest BCUT2D eigenvalue weighted by atomic mass is 10.1. The molecule has 4 rings (SSSR count). The normalized spacial score (nSPS) is 14.4. The second-order valence-corrected chi connectivity index (χ2v) is 7.14. The molecule has 5 nitrogen and oxygen atoms in total. The van der Waals surface area contributed by atoms with Crippen LogP contribution in [-0.4, -0.2) is 20.5 Å². The van der Waals surface area contributed by atoms with Gasteiger partial charge in [-0.2, -0.15) is 0 Å². The third kappa shape index (κ3) is 2.83. The molecule has 1 fully saturated rings. The van der Waals surface area contributed by atoms with Crippen LogP contribution >= 0.6 is 11.3 Å². The van der Waals surface area contributed by atoms with E-state index in [0.29, 0.717) is 18.0 Å². The van der Waals surface area contributed by atoms with E-state index < -0.39 is 5.97 Å². The predicted octanol–water partition coefficient (Wildman–Crippen LogP) is 3.57. The predicted molar refractivity (Wildman–Crippen MR) is 93.7 cm³/mol. The second kappa shape index (κ2) is 6.03. The standard InChI is InChI=1S/C18H19N3O2S/c1-11-15(21-16(13-6-7-13)10-24-18(21)20-11)9-19-8-12-2-4-14(5-3-12)17(22)23/h2-5,10,13,19H,6-9H2,1H3,(H,22,23). The number of imidazole rings is 1. The molecule has 1 aliphatic carbocycles. The van der Waals surface area contributed by atoms with Gasteiger partial charge < -0.3 is 10.4 Å². The largest absolute Gasteiger partial charge is 0.478 e. The van der Waals surface area contributed by atoms with Crippen molar-refractivity contribution in [2.45, 2.75) is 38.8 Å². The molecule has 1 saturated carbocycles. The Labute approximate surface area is 144 Å². The van der Waals surface area contributed by atoms with E-state index in [1.165, 1.54) is 24.2 Å². The number of rotatable bonds is 6. The summed E-state index contributed by atoms with van der Waals surface area (Å²) < 4.78 is 2.32. The van der Waals surface area contributed by atoms with Crippen molar-refractivity contribution in [3.8, 4) is 0 Å². The topological polar surface area (TPSA) is 66.6 Å². The minimum Gasteiger partial charge on any atom is -0.478 e. The van der Waals surface area contributed by atoms with E-state index in [0.717, 1.165) is 22.8 Å². The highest BCUT2D eigenvalue weighted by molar-refractivity contribution is 7.15. The Morgan fingerprint density at radius 1 is 1.33 bits per heavy atom.